The molecule has 0 aromatic heterocycles. The smallest absolute Gasteiger partial charge is 0.428 e. The molecule has 0 saturated heterocycles. The van der Waals surface area contributed by atoms with E-state index in [1.807, 2.05) is 24.1 Å². The topological polar surface area (TPSA) is 47.9 Å². The Bertz CT molecular complexity index is 1480. The molecule has 2 aromatic carbocycles. The van der Waals surface area contributed by atoms with Gasteiger partial charge < -0.3 is 18.7 Å². The van der Waals surface area contributed by atoms with E-state index in [9.17, 15) is 31.4 Å². The number of allylic oxidation sites excluding steroid dienone is 2. The molecule has 2 atom stereocenters. The van der Waals surface area contributed by atoms with Crippen LogP contribution in [0.3, 0.4) is 0 Å². The van der Waals surface area contributed by atoms with Gasteiger partial charge in [-0.25, -0.2) is 13.2 Å². The molecule has 48 heavy (non-hydrogen) atoms. The summed E-state index contributed by atoms with van der Waals surface area (Å²) in [5.74, 6) is 3.69. The normalized spacial score (nSPS) is 15.5. The van der Waals surface area contributed by atoms with Gasteiger partial charge in [0.1, 0.15) is 12.4 Å². The third kappa shape index (κ3) is 11.2. The van der Waals surface area contributed by atoms with Crippen LogP contribution in [0.5, 0.6) is 5.75 Å². The molecule has 0 fully saturated rings. The lowest BCUT2D eigenvalue weighted by atomic mass is 10.00. The molecule has 0 aliphatic rings. The highest BCUT2D eigenvalue weighted by Crippen LogP contribution is 2.39. The summed E-state index contributed by atoms with van der Waals surface area (Å²) in [7, 11) is -4.12. The summed E-state index contributed by atoms with van der Waals surface area (Å²) in [5, 5.41) is 9.59. The third-order valence-electron chi connectivity index (χ3n) is 9.25. The second-order valence-corrected chi connectivity index (χ2v) is 24.8. The minimum Gasteiger partial charge on any atom is -0.489 e. The number of alkyl halides is 6. The van der Waals surface area contributed by atoms with Crippen molar-refractivity contribution >= 4 is 22.2 Å². The summed E-state index contributed by atoms with van der Waals surface area (Å²) in [4.78, 5) is 0. The van der Waals surface area contributed by atoms with Crippen LogP contribution in [0, 0.1) is 11.8 Å². The van der Waals surface area contributed by atoms with E-state index in [1.165, 1.54) is 18.2 Å². The van der Waals surface area contributed by atoms with E-state index in [2.05, 4.69) is 67.7 Å². The average molecular weight is 717 g/mol. The molecule has 12 heteroatoms. The predicted molar refractivity (Wildman–Crippen MR) is 185 cm³/mol. The molecule has 0 amide bonds. The summed E-state index contributed by atoms with van der Waals surface area (Å²) >= 11 is 0. The first-order chi connectivity index (χ1) is 21.7. The highest BCUT2D eigenvalue weighted by molar-refractivity contribution is 6.74. The van der Waals surface area contributed by atoms with Crippen molar-refractivity contribution in [1.82, 2.24) is 0 Å². The molecule has 2 unspecified atom stereocenters. The summed E-state index contributed by atoms with van der Waals surface area (Å²) in [5.41, 5.74) is -1.33. The molecule has 0 saturated carbocycles. The zero-order valence-electron chi connectivity index (χ0n) is 29.8. The van der Waals surface area contributed by atoms with Crippen LogP contribution in [0.25, 0.3) is 5.57 Å². The summed E-state index contributed by atoms with van der Waals surface area (Å²) in [6.45, 7) is 23.1. The van der Waals surface area contributed by atoms with E-state index in [-0.39, 0.29) is 28.0 Å². The number of hydrogen-bond donors (Lipinski definition) is 1. The molecule has 0 aliphatic carbocycles. The van der Waals surface area contributed by atoms with E-state index in [1.54, 1.807) is 12.0 Å². The van der Waals surface area contributed by atoms with E-state index < -0.39 is 46.6 Å². The molecule has 4 nitrogen and oxygen atoms in total. The molecule has 0 bridgehead atoms. The Hall–Kier alpha value is -2.57. The first-order valence-corrected chi connectivity index (χ1v) is 21.6. The number of benzene rings is 2. The van der Waals surface area contributed by atoms with Crippen molar-refractivity contribution in [3.63, 3.8) is 0 Å². The van der Waals surface area contributed by atoms with Crippen molar-refractivity contribution in [3.8, 4) is 17.6 Å². The summed E-state index contributed by atoms with van der Waals surface area (Å²) in [6, 6.07) is 11.5. The maximum atomic E-state index is 14.6. The lowest BCUT2D eigenvalue weighted by Crippen LogP contribution is -2.41. The second kappa shape index (κ2) is 15.5. The largest absolute Gasteiger partial charge is 0.489 e. The van der Waals surface area contributed by atoms with Crippen molar-refractivity contribution in [2.24, 2.45) is 0 Å². The molecule has 0 radical (unpaired) electrons. The molecule has 2 aromatic rings. The van der Waals surface area contributed by atoms with Gasteiger partial charge in [-0.2, -0.15) is 13.2 Å². The van der Waals surface area contributed by atoms with Crippen LogP contribution in [-0.4, -0.2) is 46.1 Å². The van der Waals surface area contributed by atoms with Crippen LogP contribution < -0.4 is 4.74 Å². The van der Waals surface area contributed by atoms with E-state index in [0.717, 1.165) is 16.7 Å². The van der Waals surface area contributed by atoms with Crippen LogP contribution >= 0.6 is 0 Å². The number of ether oxygens (including phenoxy) is 1. The predicted octanol–water partition coefficient (Wildman–Crippen LogP) is 10.6. The van der Waals surface area contributed by atoms with Gasteiger partial charge in [-0.15, -0.1) is 0 Å². The summed E-state index contributed by atoms with van der Waals surface area (Å²) in [6.07, 6.45) is -10.8. The van der Waals surface area contributed by atoms with Crippen LogP contribution in [-0.2, 0) is 28.7 Å². The van der Waals surface area contributed by atoms with Gasteiger partial charge in [0.2, 0.25) is 5.60 Å². The zero-order chi connectivity index (χ0) is 36.9. The molecular formula is C36H50F6O4Si2. The highest BCUT2D eigenvalue weighted by atomic mass is 28.4. The molecule has 0 heterocycles. The van der Waals surface area contributed by atoms with Gasteiger partial charge in [-0.05, 0) is 89.7 Å². The van der Waals surface area contributed by atoms with Crippen molar-refractivity contribution in [3.05, 3.63) is 70.8 Å². The van der Waals surface area contributed by atoms with Crippen molar-refractivity contribution < 1.29 is 45.0 Å². The quantitative estimate of drug-likeness (QED) is 0.135. The SMILES string of the molecule is CC(O)(C#CC=C(c1cccc(OCc2ccc(CO[Si](C)(C)C(C)(C)C)c(CO[Si](C)(C)C(C)(C)C)c2)c1)C(F)C(F)F)C(F)(F)F. The monoisotopic (exact) mass is 716 g/mol. The fourth-order valence-electron chi connectivity index (χ4n) is 3.71. The second-order valence-electron chi connectivity index (χ2n) is 15.2. The van der Waals surface area contributed by atoms with Gasteiger partial charge in [0.15, 0.2) is 22.8 Å². The third-order valence-corrected chi connectivity index (χ3v) is 18.2. The van der Waals surface area contributed by atoms with Gasteiger partial charge in [-0.3, -0.25) is 0 Å². The Kier molecular flexibility index (Phi) is 13.5. The number of halogens is 6. The number of hydrogen-bond acceptors (Lipinski definition) is 4. The van der Waals surface area contributed by atoms with Crippen LogP contribution in [0.1, 0.15) is 70.7 Å². The Morgan fingerprint density at radius 1 is 0.792 bits per heavy atom. The molecule has 0 aliphatic heterocycles. The highest BCUT2D eigenvalue weighted by Gasteiger charge is 2.49. The Morgan fingerprint density at radius 3 is 1.83 bits per heavy atom. The first-order valence-electron chi connectivity index (χ1n) is 15.7. The minimum atomic E-state index is -5.09. The van der Waals surface area contributed by atoms with Crippen LogP contribution in [0.4, 0.5) is 26.3 Å². The Morgan fingerprint density at radius 2 is 1.33 bits per heavy atom. The molecule has 1 N–H and O–H groups in total. The summed E-state index contributed by atoms with van der Waals surface area (Å²) < 4.78 is 99.3. The van der Waals surface area contributed by atoms with Crippen molar-refractivity contribution in [2.75, 3.05) is 0 Å². The number of rotatable bonds is 12. The minimum absolute atomic E-state index is 0.00838. The average Bonchev–Trinajstić information content (AvgIpc) is 2.94. The van der Waals surface area contributed by atoms with E-state index in [4.69, 9.17) is 13.6 Å². The van der Waals surface area contributed by atoms with Crippen LogP contribution in [0.15, 0.2) is 48.5 Å². The Balaban J connectivity index is 2.40. The number of aliphatic hydroxyl groups is 1. The van der Waals surface area contributed by atoms with Gasteiger partial charge in [0.25, 0.3) is 6.43 Å². The van der Waals surface area contributed by atoms with E-state index >= 15 is 0 Å². The lowest BCUT2D eigenvalue weighted by molar-refractivity contribution is -0.228. The van der Waals surface area contributed by atoms with Gasteiger partial charge in [0, 0.05) is 5.57 Å². The van der Waals surface area contributed by atoms with E-state index in [0.29, 0.717) is 26.2 Å². The van der Waals surface area contributed by atoms with Gasteiger partial charge in [0.05, 0.1) is 13.2 Å². The lowest BCUT2D eigenvalue weighted by Gasteiger charge is -2.37. The molecule has 268 valence electrons. The zero-order valence-corrected chi connectivity index (χ0v) is 31.8. The molecule has 2 rings (SSSR count). The van der Waals surface area contributed by atoms with Gasteiger partial charge in [-0.1, -0.05) is 77.6 Å². The maximum Gasteiger partial charge on any atom is 0.428 e. The Labute approximate surface area is 284 Å². The van der Waals surface area contributed by atoms with Crippen LogP contribution in [0.2, 0.25) is 36.3 Å². The maximum absolute atomic E-state index is 14.6. The fourth-order valence-corrected chi connectivity index (χ4v) is 5.61. The fraction of sp³-hybridized carbons (Fsp3) is 0.556. The standard InChI is InChI=1S/C36H50F6O4Si2/c1-33(2,3)47(8,9)45-23-27-18-17-25(20-28(27)24-46-48(10,11)34(4,5)6)22-44-29-15-12-14-26(21-29)30(31(37)32(38)39)16-13-19-35(7,43)36(40,41)42/h12,14-18,20-21,31-32,43H,22-24H2,1-11H3. The van der Waals surface area contributed by atoms with Crippen molar-refractivity contribution in [2.45, 2.75) is 129 Å². The van der Waals surface area contributed by atoms with Crippen molar-refractivity contribution in [1.29, 1.82) is 0 Å². The molecule has 0 spiro atoms. The van der Waals surface area contributed by atoms with Gasteiger partial charge >= 0.3 is 6.18 Å². The molecular weight excluding hydrogens is 667 g/mol. The first kappa shape index (κ1) is 41.6.